The summed E-state index contributed by atoms with van der Waals surface area (Å²) in [6, 6.07) is 0. The molecule has 0 aliphatic carbocycles. The van der Waals surface area contributed by atoms with E-state index >= 15 is 0 Å². The minimum atomic E-state index is -0.746. The Morgan fingerprint density at radius 1 is 0.867 bits per heavy atom. The zero-order chi connectivity index (χ0) is 21.9. The van der Waals surface area contributed by atoms with E-state index in [1.807, 2.05) is 0 Å². The van der Waals surface area contributed by atoms with Gasteiger partial charge in [-0.2, -0.15) is 0 Å². The third-order valence-corrected chi connectivity index (χ3v) is 4.05. The maximum Gasteiger partial charge on any atom is 0.335 e. The second kappa shape index (κ2) is 11.8. The van der Waals surface area contributed by atoms with Crippen molar-refractivity contribution in [2.45, 2.75) is 25.7 Å². The van der Waals surface area contributed by atoms with Crippen molar-refractivity contribution in [2.24, 2.45) is 0 Å². The highest BCUT2D eigenvalue weighted by atomic mass is 16.7. The molecule has 12 heteroatoms. The Bertz CT molecular complexity index is 700. The molecule has 0 bridgehead atoms. The van der Waals surface area contributed by atoms with Crippen LogP contribution in [0.1, 0.15) is 25.7 Å². The number of rotatable bonds is 13. The Hall–Kier alpha value is -3.12. The monoisotopic (exact) mass is 425 g/mol. The molecule has 0 aromatic heterocycles. The second-order valence-corrected chi connectivity index (χ2v) is 6.28. The van der Waals surface area contributed by atoms with Gasteiger partial charge in [0.1, 0.15) is 0 Å². The average molecular weight is 425 g/mol. The van der Waals surface area contributed by atoms with Crippen LogP contribution in [0.4, 0.5) is 0 Å². The van der Waals surface area contributed by atoms with E-state index in [-0.39, 0.29) is 71.1 Å². The van der Waals surface area contributed by atoms with Gasteiger partial charge >= 0.3 is 5.97 Å². The van der Waals surface area contributed by atoms with Gasteiger partial charge in [0.2, 0.25) is 5.91 Å². The van der Waals surface area contributed by atoms with Crippen LogP contribution in [0.3, 0.4) is 0 Å². The number of hydroxylamine groups is 2. The summed E-state index contributed by atoms with van der Waals surface area (Å²) < 4.78 is 10.4. The molecule has 5 amide bonds. The molecule has 0 aromatic carbocycles. The lowest BCUT2D eigenvalue weighted by Gasteiger charge is -2.14. The number of nitrogens with one attached hydrogen (secondary N) is 1. The number of carbonyl (C=O) groups excluding carboxylic acids is 6. The van der Waals surface area contributed by atoms with Gasteiger partial charge in [0.25, 0.3) is 23.6 Å². The van der Waals surface area contributed by atoms with Crippen molar-refractivity contribution in [3.05, 3.63) is 12.2 Å². The lowest BCUT2D eigenvalue weighted by molar-refractivity contribution is -0.198. The van der Waals surface area contributed by atoms with Crippen LogP contribution in [0.5, 0.6) is 0 Å². The van der Waals surface area contributed by atoms with Gasteiger partial charge in [0.05, 0.1) is 32.8 Å². The molecular formula is C18H23N3O9. The molecule has 2 aliphatic rings. The molecule has 0 aromatic rings. The van der Waals surface area contributed by atoms with Crippen molar-refractivity contribution in [1.29, 1.82) is 0 Å². The topological polar surface area (TPSA) is 149 Å². The van der Waals surface area contributed by atoms with Gasteiger partial charge < -0.3 is 19.6 Å². The van der Waals surface area contributed by atoms with Crippen molar-refractivity contribution in [2.75, 3.05) is 39.5 Å². The number of nitrogens with zero attached hydrogens (tertiary/aromatic N) is 2. The predicted molar refractivity (Wildman–Crippen MR) is 96.9 cm³/mol. The predicted octanol–water partition coefficient (Wildman–Crippen LogP) is -1.55. The SMILES string of the molecule is O=C(CCOCCOCCC(=O)ON1C(=O)CCC1=O)NCCN1C(=O)C=CC1=O. The van der Waals surface area contributed by atoms with Gasteiger partial charge in [-0.25, -0.2) is 4.79 Å². The third kappa shape index (κ3) is 7.37. The van der Waals surface area contributed by atoms with E-state index in [4.69, 9.17) is 9.47 Å². The molecule has 0 spiro atoms. The summed E-state index contributed by atoms with van der Waals surface area (Å²) in [6.07, 6.45) is 2.40. The van der Waals surface area contributed by atoms with Crippen LogP contribution in [0.15, 0.2) is 12.2 Å². The van der Waals surface area contributed by atoms with Gasteiger partial charge in [0.15, 0.2) is 0 Å². The molecule has 2 aliphatic heterocycles. The molecule has 0 saturated carbocycles. The highest BCUT2D eigenvalue weighted by Gasteiger charge is 2.32. The third-order valence-electron chi connectivity index (χ3n) is 4.05. The van der Waals surface area contributed by atoms with E-state index in [1.165, 1.54) is 12.2 Å². The molecule has 164 valence electrons. The largest absolute Gasteiger partial charge is 0.379 e. The van der Waals surface area contributed by atoms with Crippen molar-refractivity contribution in [1.82, 2.24) is 15.3 Å². The minimum Gasteiger partial charge on any atom is -0.379 e. The molecule has 1 N–H and O–H groups in total. The van der Waals surface area contributed by atoms with Crippen LogP contribution in [0, 0.1) is 0 Å². The van der Waals surface area contributed by atoms with Crippen LogP contribution in [-0.4, -0.2) is 85.0 Å². The Balaban J connectivity index is 1.41. The Labute approximate surface area is 172 Å². The highest BCUT2D eigenvalue weighted by molar-refractivity contribution is 6.12. The summed E-state index contributed by atoms with van der Waals surface area (Å²) in [5.74, 6) is -2.91. The molecule has 1 fully saturated rings. The van der Waals surface area contributed by atoms with Gasteiger partial charge in [-0.05, 0) is 0 Å². The number of carbonyl (C=O) groups is 6. The number of ether oxygens (including phenoxy) is 2. The van der Waals surface area contributed by atoms with Gasteiger partial charge in [-0.3, -0.25) is 28.9 Å². The first-order valence-electron chi connectivity index (χ1n) is 9.41. The zero-order valence-electron chi connectivity index (χ0n) is 16.3. The second-order valence-electron chi connectivity index (χ2n) is 6.28. The first-order valence-corrected chi connectivity index (χ1v) is 9.41. The quantitative estimate of drug-likeness (QED) is 0.273. The molecule has 30 heavy (non-hydrogen) atoms. The summed E-state index contributed by atoms with van der Waals surface area (Å²) >= 11 is 0. The molecule has 2 heterocycles. The average Bonchev–Trinajstić information content (AvgIpc) is 3.20. The maximum atomic E-state index is 11.6. The van der Waals surface area contributed by atoms with Crippen LogP contribution < -0.4 is 5.32 Å². The molecule has 0 atom stereocenters. The van der Waals surface area contributed by atoms with Crippen molar-refractivity contribution in [3.8, 4) is 0 Å². The van der Waals surface area contributed by atoms with E-state index in [2.05, 4.69) is 10.2 Å². The van der Waals surface area contributed by atoms with Crippen LogP contribution in [-0.2, 0) is 43.1 Å². The first-order chi connectivity index (χ1) is 14.4. The van der Waals surface area contributed by atoms with E-state index in [1.54, 1.807) is 0 Å². The Kier molecular flexibility index (Phi) is 9.09. The van der Waals surface area contributed by atoms with E-state index in [0.717, 1.165) is 4.90 Å². The van der Waals surface area contributed by atoms with Crippen LogP contribution in [0.25, 0.3) is 0 Å². The number of imide groups is 2. The fourth-order valence-electron chi connectivity index (χ4n) is 2.49. The van der Waals surface area contributed by atoms with E-state index in [0.29, 0.717) is 5.06 Å². The zero-order valence-corrected chi connectivity index (χ0v) is 16.3. The molecule has 2 rings (SSSR count). The molecular weight excluding hydrogens is 402 g/mol. The first kappa shape index (κ1) is 23.2. The summed E-state index contributed by atoms with van der Waals surface area (Å²) in [4.78, 5) is 74.2. The summed E-state index contributed by atoms with van der Waals surface area (Å²) in [5.41, 5.74) is 0. The van der Waals surface area contributed by atoms with Crippen LogP contribution >= 0.6 is 0 Å². The summed E-state index contributed by atoms with van der Waals surface area (Å²) in [5, 5.41) is 3.06. The smallest absolute Gasteiger partial charge is 0.335 e. The Morgan fingerprint density at radius 2 is 1.43 bits per heavy atom. The lowest BCUT2D eigenvalue weighted by atomic mass is 10.4. The van der Waals surface area contributed by atoms with Crippen LogP contribution in [0.2, 0.25) is 0 Å². The molecule has 0 radical (unpaired) electrons. The molecule has 0 unspecified atom stereocenters. The standard InChI is InChI=1S/C18H23N3O9/c22-13(19-7-8-20-14(23)1-2-15(20)24)5-9-28-11-12-29-10-6-18(27)30-21-16(25)3-4-17(21)26/h1-2H,3-12H2,(H,19,22). The summed E-state index contributed by atoms with van der Waals surface area (Å²) in [6.45, 7) is 0.831. The fraction of sp³-hybridized carbons (Fsp3) is 0.556. The number of hydrogen-bond donors (Lipinski definition) is 1. The lowest BCUT2D eigenvalue weighted by Crippen LogP contribution is -2.38. The maximum absolute atomic E-state index is 11.6. The number of hydrogen-bond acceptors (Lipinski definition) is 9. The normalized spacial score (nSPS) is 16.0. The van der Waals surface area contributed by atoms with Gasteiger partial charge in [-0.1, -0.05) is 0 Å². The molecule has 1 saturated heterocycles. The highest BCUT2D eigenvalue weighted by Crippen LogP contribution is 2.12. The van der Waals surface area contributed by atoms with E-state index < -0.39 is 29.6 Å². The molecule has 12 nitrogen and oxygen atoms in total. The van der Waals surface area contributed by atoms with Gasteiger partial charge in [-0.15, -0.1) is 5.06 Å². The minimum absolute atomic E-state index is 0.0295. The van der Waals surface area contributed by atoms with E-state index in [9.17, 15) is 28.8 Å². The summed E-state index contributed by atoms with van der Waals surface area (Å²) in [7, 11) is 0. The fourth-order valence-corrected chi connectivity index (χ4v) is 2.49. The van der Waals surface area contributed by atoms with Crippen molar-refractivity contribution < 1.29 is 43.1 Å². The van der Waals surface area contributed by atoms with Crippen molar-refractivity contribution >= 4 is 35.5 Å². The van der Waals surface area contributed by atoms with Gasteiger partial charge in [0, 0.05) is 44.5 Å². The Morgan fingerprint density at radius 3 is 2.03 bits per heavy atom. The number of amides is 5. The van der Waals surface area contributed by atoms with Crippen molar-refractivity contribution in [3.63, 3.8) is 0 Å².